The number of nitrogens with zero attached hydrogens (tertiary/aromatic N) is 1. The van der Waals surface area contributed by atoms with Crippen LogP contribution < -0.4 is 5.32 Å². The number of hydrogen-bond acceptors (Lipinski definition) is 4. The molecule has 1 aliphatic heterocycles. The lowest BCUT2D eigenvalue weighted by atomic mass is 10.5. The third-order valence-corrected chi connectivity index (χ3v) is 4.09. The molecule has 5 heteroatoms. The first-order valence-electron chi connectivity index (χ1n) is 4.32. The van der Waals surface area contributed by atoms with Crippen molar-refractivity contribution < 1.29 is 8.42 Å². The summed E-state index contributed by atoms with van der Waals surface area (Å²) in [6.07, 6.45) is 3.76. The molecule has 0 radical (unpaired) electrons. The first kappa shape index (κ1) is 8.90. The Labute approximate surface area is 77.7 Å². The van der Waals surface area contributed by atoms with Crippen LogP contribution in [0, 0.1) is 0 Å². The molecule has 0 unspecified atom stereocenters. The van der Waals surface area contributed by atoms with Crippen LogP contribution >= 0.6 is 0 Å². The summed E-state index contributed by atoms with van der Waals surface area (Å²) in [5.41, 5.74) is 0. The highest BCUT2D eigenvalue weighted by molar-refractivity contribution is 8.09. The van der Waals surface area contributed by atoms with E-state index in [1.807, 2.05) is 0 Å². The van der Waals surface area contributed by atoms with Crippen LogP contribution in [0.4, 0.5) is 0 Å². The third kappa shape index (κ3) is 1.66. The lowest BCUT2D eigenvalue weighted by Crippen LogP contribution is -2.23. The maximum atomic E-state index is 11.5. The minimum atomic E-state index is -3.19. The largest absolute Gasteiger partial charge is 0.309 e. The molecule has 13 heavy (non-hydrogen) atoms. The van der Waals surface area contributed by atoms with E-state index in [4.69, 9.17) is 0 Å². The summed E-state index contributed by atoms with van der Waals surface area (Å²) < 4.78 is 23.0. The fourth-order valence-corrected chi connectivity index (χ4v) is 2.20. The molecule has 1 aliphatic carbocycles. The molecule has 1 N–H and O–H groups in total. The SMILES string of the molecule is CC1=NC=C(CNC2CC2)S1(=O)=O. The fourth-order valence-electron chi connectivity index (χ4n) is 1.16. The van der Waals surface area contributed by atoms with Crippen LogP contribution in [0.5, 0.6) is 0 Å². The molecule has 1 heterocycles. The van der Waals surface area contributed by atoms with Gasteiger partial charge in [-0.15, -0.1) is 0 Å². The average Bonchev–Trinajstić information content (AvgIpc) is 2.83. The zero-order chi connectivity index (χ0) is 9.47. The van der Waals surface area contributed by atoms with Crippen LogP contribution in [-0.4, -0.2) is 26.0 Å². The summed E-state index contributed by atoms with van der Waals surface area (Å²) in [5.74, 6) is 0. The second-order valence-corrected chi connectivity index (χ2v) is 5.52. The van der Waals surface area contributed by atoms with Gasteiger partial charge in [-0.25, -0.2) is 13.4 Å². The molecule has 0 saturated heterocycles. The lowest BCUT2D eigenvalue weighted by Gasteiger charge is -2.03. The monoisotopic (exact) mass is 200 g/mol. The second kappa shape index (κ2) is 2.92. The van der Waals surface area contributed by atoms with Crippen molar-refractivity contribution in [3.05, 3.63) is 11.1 Å². The second-order valence-electron chi connectivity index (χ2n) is 3.40. The predicted molar refractivity (Wildman–Crippen MR) is 51.1 cm³/mol. The number of nitrogens with one attached hydrogen (secondary N) is 1. The van der Waals surface area contributed by atoms with Crippen molar-refractivity contribution in [2.45, 2.75) is 25.8 Å². The standard InChI is InChI=1S/C8H12N2O2S/c1-6-9-4-8(13(6,11)12)5-10-7-2-3-7/h4,7,10H,2-3,5H2,1H3. The molecule has 72 valence electrons. The Hall–Kier alpha value is -0.680. The summed E-state index contributed by atoms with van der Waals surface area (Å²) >= 11 is 0. The fraction of sp³-hybridized carbons (Fsp3) is 0.625. The molecule has 0 amide bonds. The minimum absolute atomic E-state index is 0.208. The van der Waals surface area contributed by atoms with Crippen molar-refractivity contribution in [3.8, 4) is 0 Å². The molecule has 1 saturated carbocycles. The summed E-state index contributed by atoms with van der Waals surface area (Å²) in [6, 6.07) is 0.525. The van der Waals surface area contributed by atoms with Crippen LogP contribution in [0.3, 0.4) is 0 Å². The Bertz CT molecular complexity index is 377. The average molecular weight is 200 g/mol. The molecule has 0 bridgehead atoms. The van der Waals surface area contributed by atoms with Crippen LogP contribution in [0.25, 0.3) is 0 Å². The lowest BCUT2D eigenvalue weighted by molar-refractivity contribution is 0.610. The first-order valence-corrected chi connectivity index (χ1v) is 5.81. The topological polar surface area (TPSA) is 58.5 Å². The van der Waals surface area contributed by atoms with Crippen molar-refractivity contribution in [1.82, 2.24) is 5.32 Å². The van der Waals surface area contributed by atoms with E-state index >= 15 is 0 Å². The van der Waals surface area contributed by atoms with Gasteiger partial charge in [0.2, 0.25) is 9.84 Å². The number of rotatable bonds is 3. The van der Waals surface area contributed by atoms with Gasteiger partial charge in [-0.2, -0.15) is 0 Å². The van der Waals surface area contributed by atoms with Crippen molar-refractivity contribution in [3.63, 3.8) is 0 Å². The Kier molecular flexibility index (Phi) is 2.00. The van der Waals surface area contributed by atoms with Gasteiger partial charge in [0, 0.05) is 18.8 Å². The van der Waals surface area contributed by atoms with Gasteiger partial charge in [0.1, 0.15) is 5.04 Å². The van der Waals surface area contributed by atoms with Crippen molar-refractivity contribution in [2.75, 3.05) is 6.54 Å². The maximum Gasteiger partial charge on any atom is 0.218 e. The zero-order valence-corrected chi connectivity index (χ0v) is 8.26. The summed E-state index contributed by atoms with van der Waals surface area (Å²) in [6.45, 7) is 1.95. The summed E-state index contributed by atoms with van der Waals surface area (Å²) in [5, 5.41) is 3.36. The first-order chi connectivity index (χ1) is 6.10. The summed E-state index contributed by atoms with van der Waals surface area (Å²) in [4.78, 5) is 4.20. The quantitative estimate of drug-likeness (QED) is 0.718. The summed E-state index contributed by atoms with van der Waals surface area (Å²) in [7, 11) is -3.19. The van der Waals surface area contributed by atoms with E-state index in [9.17, 15) is 8.42 Å². The number of hydrogen-bond donors (Lipinski definition) is 1. The molecule has 0 aromatic carbocycles. The Morgan fingerprint density at radius 1 is 1.62 bits per heavy atom. The van der Waals surface area contributed by atoms with Crippen molar-refractivity contribution in [2.24, 2.45) is 4.99 Å². The Morgan fingerprint density at radius 3 is 2.77 bits per heavy atom. The number of aliphatic imine (C=N–C) groups is 1. The molecule has 0 aromatic heterocycles. The van der Waals surface area contributed by atoms with Crippen LogP contribution in [0.15, 0.2) is 16.1 Å². The van der Waals surface area contributed by atoms with E-state index in [0.29, 0.717) is 17.5 Å². The zero-order valence-electron chi connectivity index (χ0n) is 7.45. The molecule has 1 fully saturated rings. The van der Waals surface area contributed by atoms with Gasteiger partial charge in [-0.3, -0.25) is 0 Å². The predicted octanol–water partition coefficient (Wildman–Crippen LogP) is 0.427. The molecule has 2 aliphatic rings. The van der Waals surface area contributed by atoms with E-state index < -0.39 is 9.84 Å². The highest BCUT2D eigenvalue weighted by atomic mass is 32.2. The highest BCUT2D eigenvalue weighted by Gasteiger charge is 2.28. The molecule has 2 rings (SSSR count). The van der Waals surface area contributed by atoms with Crippen LogP contribution in [0.1, 0.15) is 19.8 Å². The van der Waals surface area contributed by atoms with Gasteiger partial charge in [0.25, 0.3) is 0 Å². The van der Waals surface area contributed by atoms with E-state index in [0.717, 1.165) is 12.8 Å². The van der Waals surface area contributed by atoms with Crippen molar-refractivity contribution in [1.29, 1.82) is 0 Å². The van der Waals surface area contributed by atoms with E-state index in [1.165, 1.54) is 13.1 Å². The van der Waals surface area contributed by atoms with Gasteiger partial charge < -0.3 is 5.32 Å². The third-order valence-electron chi connectivity index (χ3n) is 2.27. The van der Waals surface area contributed by atoms with Gasteiger partial charge in [-0.1, -0.05) is 0 Å². The minimum Gasteiger partial charge on any atom is -0.309 e. The smallest absolute Gasteiger partial charge is 0.218 e. The van der Waals surface area contributed by atoms with E-state index in [1.54, 1.807) is 0 Å². The number of sulfone groups is 1. The van der Waals surface area contributed by atoms with Gasteiger partial charge in [0.15, 0.2) is 0 Å². The normalized spacial score (nSPS) is 25.6. The van der Waals surface area contributed by atoms with Crippen molar-refractivity contribution >= 4 is 14.9 Å². The highest BCUT2D eigenvalue weighted by Crippen LogP contribution is 2.21. The Morgan fingerprint density at radius 2 is 2.31 bits per heavy atom. The molecular weight excluding hydrogens is 188 g/mol. The van der Waals surface area contributed by atoms with Crippen LogP contribution in [0.2, 0.25) is 0 Å². The van der Waals surface area contributed by atoms with Gasteiger partial charge in [0.05, 0.1) is 4.91 Å². The molecule has 0 aromatic rings. The molecule has 0 spiro atoms. The van der Waals surface area contributed by atoms with Gasteiger partial charge in [-0.05, 0) is 19.8 Å². The maximum absolute atomic E-state index is 11.5. The van der Waals surface area contributed by atoms with E-state index in [-0.39, 0.29) is 5.04 Å². The molecular formula is C8H12N2O2S. The molecule has 0 atom stereocenters. The Balaban J connectivity index is 2.02. The van der Waals surface area contributed by atoms with Gasteiger partial charge >= 0.3 is 0 Å². The van der Waals surface area contributed by atoms with E-state index in [2.05, 4.69) is 10.3 Å². The van der Waals surface area contributed by atoms with Crippen LogP contribution in [-0.2, 0) is 9.84 Å². The molecule has 4 nitrogen and oxygen atoms in total.